The lowest BCUT2D eigenvalue weighted by molar-refractivity contribution is 0.103. The first kappa shape index (κ1) is 18.8. The minimum atomic E-state index is -0.0553. The third kappa shape index (κ3) is 4.21. The highest BCUT2D eigenvalue weighted by atomic mass is 35.5. The van der Waals surface area contributed by atoms with E-state index in [4.69, 9.17) is 28.9 Å². The smallest absolute Gasteiger partial charge is 0.194 e. The Morgan fingerprint density at radius 1 is 1.04 bits per heavy atom. The molecule has 3 nitrogen and oxygen atoms in total. The van der Waals surface area contributed by atoms with Crippen LogP contribution in [-0.2, 0) is 6.42 Å². The highest BCUT2D eigenvalue weighted by Gasteiger charge is 2.12. The Balaban J connectivity index is 1.79. The predicted molar refractivity (Wildman–Crippen MR) is 110 cm³/mol. The lowest BCUT2D eigenvalue weighted by Gasteiger charge is -2.09. The molecular weight excluding hydrogens is 387 g/mol. The van der Waals surface area contributed by atoms with Crippen molar-refractivity contribution in [2.45, 2.75) is 11.4 Å². The molecule has 0 aliphatic heterocycles. The highest BCUT2D eigenvalue weighted by Crippen LogP contribution is 2.30. The van der Waals surface area contributed by atoms with Crippen molar-refractivity contribution in [2.75, 3.05) is 12.0 Å². The highest BCUT2D eigenvalue weighted by molar-refractivity contribution is 7.98. The molecule has 2 aromatic carbocycles. The fourth-order valence-electron chi connectivity index (χ4n) is 2.57. The number of hydrogen-bond acceptors (Lipinski definition) is 4. The second-order valence-electron chi connectivity index (χ2n) is 5.76. The average molecular weight is 403 g/mol. The van der Waals surface area contributed by atoms with Crippen molar-refractivity contribution in [1.82, 2.24) is 4.98 Å². The fourth-order valence-corrected chi connectivity index (χ4v) is 3.57. The van der Waals surface area contributed by atoms with Crippen molar-refractivity contribution in [3.05, 3.63) is 87.0 Å². The topological polar surface area (TPSA) is 56.0 Å². The molecule has 3 rings (SSSR count). The number of aromatic nitrogens is 1. The molecule has 1 heterocycles. The van der Waals surface area contributed by atoms with E-state index in [1.807, 2.05) is 24.5 Å². The van der Waals surface area contributed by atoms with E-state index >= 15 is 0 Å². The van der Waals surface area contributed by atoms with Crippen LogP contribution in [0, 0.1) is 0 Å². The van der Waals surface area contributed by atoms with Crippen molar-refractivity contribution >= 4 is 46.4 Å². The van der Waals surface area contributed by atoms with Gasteiger partial charge >= 0.3 is 0 Å². The molecule has 0 fully saturated rings. The van der Waals surface area contributed by atoms with Crippen LogP contribution in [0.15, 0.2) is 59.8 Å². The summed E-state index contributed by atoms with van der Waals surface area (Å²) in [6.07, 6.45) is 4.12. The summed E-state index contributed by atoms with van der Waals surface area (Å²) in [5.41, 5.74) is 9.27. The number of pyridine rings is 1. The van der Waals surface area contributed by atoms with Crippen molar-refractivity contribution in [3.63, 3.8) is 0 Å². The van der Waals surface area contributed by atoms with Crippen LogP contribution >= 0.6 is 35.0 Å². The van der Waals surface area contributed by atoms with Gasteiger partial charge in [0.2, 0.25) is 0 Å². The lowest BCUT2D eigenvalue weighted by Crippen LogP contribution is -2.02. The number of nitrogens with zero attached hydrogens (tertiary/aromatic N) is 1. The fraction of sp³-hybridized carbons (Fsp3) is 0.100. The number of nitrogen functional groups attached to an aromatic ring is 1. The predicted octanol–water partition coefficient (Wildman–Crippen LogP) is 5.51. The molecule has 1 aromatic heterocycles. The Morgan fingerprint density at radius 2 is 1.65 bits per heavy atom. The standard InChI is InChI=1S/C20H16Cl2N2OS/c1-26-19-7-6-14(11-24-19)20(25)13-4-2-12(3-5-13)8-16-17(21)9-15(23)10-18(16)22/h2-7,9-11H,8,23H2,1H3. The third-order valence-corrected chi connectivity index (χ3v) is 5.30. The number of carbonyl (C=O) groups excluding carboxylic acids is 1. The maximum atomic E-state index is 12.6. The first-order valence-corrected chi connectivity index (χ1v) is 9.83. The summed E-state index contributed by atoms with van der Waals surface area (Å²) in [4.78, 5) is 16.8. The van der Waals surface area contributed by atoms with Gasteiger partial charge in [0.25, 0.3) is 0 Å². The minimum Gasteiger partial charge on any atom is -0.399 e. The summed E-state index contributed by atoms with van der Waals surface area (Å²) in [6, 6.07) is 14.4. The molecule has 2 N–H and O–H groups in total. The minimum absolute atomic E-state index is 0.0553. The maximum absolute atomic E-state index is 12.6. The van der Waals surface area contributed by atoms with E-state index in [1.54, 1.807) is 36.5 Å². The molecule has 3 aromatic rings. The molecule has 6 heteroatoms. The van der Waals surface area contributed by atoms with Crippen molar-refractivity contribution in [3.8, 4) is 0 Å². The van der Waals surface area contributed by atoms with Crippen molar-refractivity contribution < 1.29 is 4.79 Å². The van der Waals surface area contributed by atoms with E-state index in [-0.39, 0.29) is 5.78 Å². The van der Waals surface area contributed by atoms with Crippen LogP contribution in [0.1, 0.15) is 27.0 Å². The number of halogens is 2. The SMILES string of the molecule is CSc1ccc(C(=O)c2ccc(Cc3c(Cl)cc(N)cc3Cl)cc2)cn1. The van der Waals surface area contributed by atoms with Gasteiger partial charge in [-0.1, -0.05) is 47.5 Å². The number of thioether (sulfide) groups is 1. The number of carbonyl (C=O) groups is 1. The molecule has 0 bridgehead atoms. The van der Waals surface area contributed by atoms with Gasteiger partial charge in [-0.2, -0.15) is 0 Å². The van der Waals surface area contributed by atoms with E-state index in [0.717, 1.165) is 16.2 Å². The number of ketones is 1. The van der Waals surface area contributed by atoms with Gasteiger partial charge in [0.05, 0.1) is 5.03 Å². The summed E-state index contributed by atoms with van der Waals surface area (Å²) in [7, 11) is 0. The van der Waals surface area contributed by atoms with Crippen LogP contribution in [0.4, 0.5) is 5.69 Å². The van der Waals surface area contributed by atoms with Crippen LogP contribution in [0.2, 0.25) is 10.0 Å². The van der Waals surface area contributed by atoms with Gasteiger partial charge in [0.15, 0.2) is 5.78 Å². The molecule has 0 saturated heterocycles. The van der Waals surface area contributed by atoms with Gasteiger partial charge in [0.1, 0.15) is 0 Å². The van der Waals surface area contributed by atoms with Crippen LogP contribution in [0.3, 0.4) is 0 Å². The summed E-state index contributed by atoms with van der Waals surface area (Å²) in [5.74, 6) is -0.0553. The zero-order valence-corrected chi connectivity index (χ0v) is 16.3. The van der Waals surface area contributed by atoms with Gasteiger partial charge in [-0.15, -0.1) is 11.8 Å². The summed E-state index contributed by atoms with van der Waals surface area (Å²) in [5, 5.41) is 1.96. The lowest BCUT2D eigenvalue weighted by atomic mass is 10.00. The first-order chi connectivity index (χ1) is 12.5. The van der Waals surface area contributed by atoms with Crippen LogP contribution in [-0.4, -0.2) is 17.0 Å². The van der Waals surface area contributed by atoms with E-state index in [0.29, 0.717) is 33.3 Å². The van der Waals surface area contributed by atoms with Gasteiger partial charge < -0.3 is 5.73 Å². The molecular formula is C20H16Cl2N2OS. The van der Waals surface area contributed by atoms with Gasteiger partial charge in [0, 0.05) is 39.5 Å². The van der Waals surface area contributed by atoms with Gasteiger partial charge in [-0.3, -0.25) is 4.79 Å². The average Bonchev–Trinajstić information content (AvgIpc) is 2.64. The third-order valence-electron chi connectivity index (χ3n) is 3.97. The molecule has 0 aliphatic carbocycles. The van der Waals surface area contributed by atoms with Gasteiger partial charge in [-0.25, -0.2) is 4.98 Å². The molecule has 0 amide bonds. The van der Waals surface area contributed by atoms with E-state index in [1.165, 1.54) is 11.8 Å². The van der Waals surface area contributed by atoms with Gasteiger partial charge in [-0.05, 0) is 41.6 Å². The van der Waals surface area contributed by atoms with Crippen LogP contribution in [0.25, 0.3) is 0 Å². The van der Waals surface area contributed by atoms with E-state index in [2.05, 4.69) is 4.98 Å². The molecule has 132 valence electrons. The second-order valence-corrected chi connectivity index (χ2v) is 7.40. The van der Waals surface area contributed by atoms with E-state index in [9.17, 15) is 4.79 Å². The molecule has 0 radical (unpaired) electrons. The van der Waals surface area contributed by atoms with E-state index < -0.39 is 0 Å². The monoisotopic (exact) mass is 402 g/mol. The molecule has 0 spiro atoms. The summed E-state index contributed by atoms with van der Waals surface area (Å²) >= 11 is 14.0. The maximum Gasteiger partial charge on any atom is 0.194 e. The zero-order chi connectivity index (χ0) is 18.7. The van der Waals surface area contributed by atoms with Crippen molar-refractivity contribution in [2.24, 2.45) is 0 Å². The van der Waals surface area contributed by atoms with Crippen LogP contribution in [0.5, 0.6) is 0 Å². The molecule has 0 aliphatic rings. The number of hydrogen-bond donors (Lipinski definition) is 1. The number of benzene rings is 2. The molecule has 0 saturated carbocycles. The Morgan fingerprint density at radius 3 is 2.19 bits per heavy atom. The Kier molecular flexibility index (Phi) is 5.87. The largest absolute Gasteiger partial charge is 0.399 e. The molecule has 26 heavy (non-hydrogen) atoms. The molecule has 0 unspecified atom stereocenters. The summed E-state index contributed by atoms with van der Waals surface area (Å²) < 4.78 is 0. The second kappa shape index (κ2) is 8.12. The normalized spacial score (nSPS) is 10.7. The Labute approximate surface area is 166 Å². The quantitative estimate of drug-likeness (QED) is 0.347. The Bertz CT molecular complexity index is 918. The summed E-state index contributed by atoms with van der Waals surface area (Å²) in [6.45, 7) is 0. The number of anilines is 1. The van der Waals surface area contributed by atoms with Crippen LogP contribution < -0.4 is 5.73 Å². The van der Waals surface area contributed by atoms with Crippen molar-refractivity contribution in [1.29, 1.82) is 0 Å². The molecule has 0 atom stereocenters. The Hall–Kier alpha value is -2.01. The number of nitrogens with two attached hydrogens (primary N) is 1. The zero-order valence-electron chi connectivity index (χ0n) is 14.0. The first-order valence-electron chi connectivity index (χ1n) is 7.85. The number of rotatable bonds is 5.